The van der Waals surface area contributed by atoms with Crippen LogP contribution in [0.1, 0.15) is 51.4 Å². The molecule has 0 bridgehead atoms. The third-order valence-corrected chi connectivity index (χ3v) is 4.60. The van der Waals surface area contributed by atoms with E-state index in [0.717, 1.165) is 32.1 Å². The fourth-order valence-corrected chi connectivity index (χ4v) is 3.33. The Morgan fingerprint density at radius 1 is 1.12 bits per heavy atom. The Bertz CT molecular complexity index is 257. The van der Waals surface area contributed by atoms with Gasteiger partial charge in [0.1, 0.15) is 5.78 Å². The number of carbonyl (C=O) groups excluding carboxylic acids is 1. The molecule has 2 fully saturated rings. The molecule has 0 radical (unpaired) electrons. The Balaban J connectivity index is 1.86. The second-order valence-corrected chi connectivity index (χ2v) is 5.61. The number of rotatable bonds is 3. The van der Waals surface area contributed by atoms with Gasteiger partial charge in [-0.3, -0.25) is 4.79 Å². The highest BCUT2D eigenvalue weighted by Gasteiger charge is 2.30. The molecule has 2 aliphatic carbocycles. The standard InChI is InChI=1S/C14H25NO2/c1-15(11-6-8-13(16)9-7-11)12-4-3-5-14(10-12)17-2/h11-12,14H,3-10H2,1-2H3. The molecular formula is C14H25NO2. The third kappa shape index (κ3) is 3.29. The maximum absolute atomic E-state index is 11.3. The van der Waals surface area contributed by atoms with Gasteiger partial charge in [0.15, 0.2) is 0 Å². The largest absolute Gasteiger partial charge is 0.381 e. The van der Waals surface area contributed by atoms with E-state index in [4.69, 9.17) is 4.74 Å². The van der Waals surface area contributed by atoms with Gasteiger partial charge in [0.05, 0.1) is 6.10 Å². The van der Waals surface area contributed by atoms with Crippen LogP contribution in [0.3, 0.4) is 0 Å². The Kier molecular flexibility index (Phi) is 4.57. The van der Waals surface area contributed by atoms with E-state index in [9.17, 15) is 4.79 Å². The second-order valence-electron chi connectivity index (χ2n) is 5.61. The average molecular weight is 239 g/mol. The maximum atomic E-state index is 11.3. The molecule has 3 nitrogen and oxygen atoms in total. The average Bonchev–Trinajstić information content (AvgIpc) is 2.39. The molecule has 2 unspecified atom stereocenters. The lowest BCUT2D eigenvalue weighted by Gasteiger charge is -2.40. The first-order chi connectivity index (χ1) is 8.20. The number of nitrogens with zero attached hydrogens (tertiary/aromatic N) is 1. The molecule has 0 aromatic rings. The Morgan fingerprint density at radius 2 is 1.82 bits per heavy atom. The SMILES string of the molecule is COC1CCCC(N(C)C2CCC(=O)CC2)C1. The summed E-state index contributed by atoms with van der Waals surface area (Å²) in [7, 11) is 4.06. The second kappa shape index (κ2) is 5.96. The molecule has 0 amide bonds. The molecule has 2 atom stereocenters. The first-order valence-corrected chi connectivity index (χ1v) is 6.97. The molecule has 0 aliphatic heterocycles. The van der Waals surface area contributed by atoms with E-state index in [1.807, 2.05) is 7.11 Å². The number of carbonyl (C=O) groups is 1. The van der Waals surface area contributed by atoms with Gasteiger partial charge in [0, 0.05) is 32.0 Å². The van der Waals surface area contributed by atoms with E-state index in [1.54, 1.807) is 0 Å². The number of ether oxygens (including phenoxy) is 1. The smallest absolute Gasteiger partial charge is 0.133 e. The predicted octanol–water partition coefficient (Wildman–Crippen LogP) is 2.39. The highest BCUT2D eigenvalue weighted by Crippen LogP contribution is 2.29. The van der Waals surface area contributed by atoms with Gasteiger partial charge in [-0.15, -0.1) is 0 Å². The molecule has 98 valence electrons. The molecule has 0 aromatic carbocycles. The van der Waals surface area contributed by atoms with E-state index < -0.39 is 0 Å². The summed E-state index contributed by atoms with van der Waals surface area (Å²) in [5.41, 5.74) is 0. The van der Waals surface area contributed by atoms with Gasteiger partial charge in [0.25, 0.3) is 0 Å². The van der Waals surface area contributed by atoms with Gasteiger partial charge in [-0.25, -0.2) is 0 Å². The summed E-state index contributed by atoms with van der Waals surface area (Å²) in [6, 6.07) is 1.28. The van der Waals surface area contributed by atoms with Crippen LogP contribution in [0.2, 0.25) is 0 Å². The summed E-state index contributed by atoms with van der Waals surface area (Å²) >= 11 is 0. The summed E-state index contributed by atoms with van der Waals surface area (Å²) < 4.78 is 5.50. The minimum Gasteiger partial charge on any atom is -0.381 e. The quantitative estimate of drug-likeness (QED) is 0.757. The molecule has 17 heavy (non-hydrogen) atoms. The van der Waals surface area contributed by atoms with Crippen molar-refractivity contribution in [2.24, 2.45) is 0 Å². The topological polar surface area (TPSA) is 29.5 Å². The van der Waals surface area contributed by atoms with Crippen LogP contribution in [0.15, 0.2) is 0 Å². The number of hydrogen-bond donors (Lipinski definition) is 0. The van der Waals surface area contributed by atoms with Gasteiger partial charge in [0.2, 0.25) is 0 Å². The third-order valence-electron chi connectivity index (χ3n) is 4.60. The van der Waals surface area contributed by atoms with Gasteiger partial charge >= 0.3 is 0 Å². The van der Waals surface area contributed by atoms with Crippen molar-refractivity contribution in [2.45, 2.75) is 69.6 Å². The van der Waals surface area contributed by atoms with Crippen molar-refractivity contribution >= 4 is 5.78 Å². The van der Waals surface area contributed by atoms with Crippen LogP contribution in [0.4, 0.5) is 0 Å². The van der Waals surface area contributed by atoms with E-state index in [0.29, 0.717) is 24.0 Å². The zero-order valence-corrected chi connectivity index (χ0v) is 11.2. The zero-order valence-electron chi connectivity index (χ0n) is 11.2. The lowest BCUT2D eigenvalue weighted by molar-refractivity contribution is -0.121. The maximum Gasteiger partial charge on any atom is 0.133 e. The highest BCUT2D eigenvalue weighted by atomic mass is 16.5. The Labute approximate surface area is 105 Å². The van der Waals surface area contributed by atoms with Gasteiger partial charge in [-0.2, -0.15) is 0 Å². The van der Waals surface area contributed by atoms with Crippen LogP contribution in [0.25, 0.3) is 0 Å². The first kappa shape index (κ1) is 13.0. The van der Waals surface area contributed by atoms with E-state index in [2.05, 4.69) is 11.9 Å². The zero-order chi connectivity index (χ0) is 12.3. The number of hydrogen-bond acceptors (Lipinski definition) is 3. The highest BCUT2D eigenvalue weighted by molar-refractivity contribution is 5.79. The first-order valence-electron chi connectivity index (χ1n) is 6.97. The summed E-state index contributed by atoms with van der Waals surface area (Å²) in [5, 5.41) is 0. The van der Waals surface area contributed by atoms with Crippen molar-refractivity contribution in [2.75, 3.05) is 14.2 Å². The van der Waals surface area contributed by atoms with E-state index in [1.165, 1.54) is 19.3 Å². The molecule has 0 heterocycles. The summed E-state index contributed by atoms with van der Waals surface area (Å²) in [5.74, 6) is 0.452. The fraction of sp³-hybridized carbons (Fsp3) is 0.929. The number of Topliss-reactive ketones (excluding diaryl/α,β-unsaturated/α-hetero) is 1. The predicted molar refractivity (Wildman–Crippen MR) is 68.1 cm³/mol. The molecule has 0 N–H and O–H groups in total. The fourth-order valence-electron chi connectivity index (χ4n) is 3.33. The number of methoxy groups -OCH3 is 1. The molecule has 0 spiro atoms. The monoisotopic (exact) mass is 239 g/mol. The molecule has 0 saturated heterocycles. The van der Waals surface area contributed by atoms with Gasteiger partial charge < -0.3 is 9.64 Å². The molecule has 2 rings (SSSR count). The normalized spacial score (nSPS) is 32.1. The van der Waals surface area contributed by atoms with Crippen molar-refractivity contribution < 1.29 is 9.53 Å². The molecule has 3 heteroatoms. The molecular weight excluding hydrogens is 214 g/mol. The van der Waals surface area contributed by atoms with Crippen molar-refractivity contribution in [3.63, 3.8) is 0 Å². The van der Waals surface area contributed by atoms with Gasteiger partial charge in [-0.1, -0.05) is 0 Å². The van der Waals surface area contributed by atoms with E-state index >= 15 is 0 Å². The van der Waals surface area contributed by atoms with Crippen molar-refractivity contribution in [1.82, 2.24) is 4.90 Å². The minimum absolute atomic E-state index is 0.446. The van der Waals surface area contributed by atoms with Gasteiger partial charge in [-0.05, 0) is 45.6 Å². The van der Waals surface area contributed by atoms with Crippen molar-refractivity contribution in [3.8, 4) is 0 Å². The van der Waals surface area contributed by atoms with E-state index in [-0.39, 0.29) is 0 Å². The van der Waals surface area contributed by atoms with Crippen LogP contribution < -0.4 is 0 Å². The minimum atomic E-state index is 0.446. The molecule has 2 saturated carbocycles. The van der Waals surface area contributed by atoms with Crippen molar-refractivity contribution in [3.05, 3.63) is 0 Å². The summed E-state index contributed by atoms with van der Waals surface area (Å²) in [6.45, 7) is 0. The Morgan fingerprint density at radius 3 is 2.47 bits per heavy atom. The lowest BCUT2D eigenvalue weighted by atomic mass is 9.87. The summed E-state index contributed by atoms with van der Waals surface area (Å²) in [4.78, 5) is 13.8. The Hall–Kier alpha value is -0.410. The van der Waals surface area contributed by atoms with Crippen LogP contribution in [0.5, 0.6) is 0 Å². The van der Waals surface area contributed by atoms with Crippen LogP contribution in [-0.4, -0.2) is 43.0 Å². The molecule has 2 aliphatic rings. The number of ketones is 1. The summed E-state index contributed by atoms with van der Waals surface area (Å²) in [6.07, 6.45) is 9.08. The lowest BCUT2D eigenvalue weighted by Crippen LogP contribution is -2.45. The van der Waals surface area contributed by atoms with Crippen LogP contribution in [-0.2, 0) is 9.53 Å². The van der Waals surface area contributed by atoms with Crippen molar-refractivity contribution in [1.29, 1.82) is 0 Å². The molecule has 0 aromatic heterocycles. The van der Waals surface area contributed by atoms with Crippen LogP contribution in [0, 0.1) is 0 Å². The van der Waals surface area contributed by atoms with Crippen LogP contribution >= 0.6 is 0 Å².